The Morgan fingerprint density at radius 2 is 0.697 bits per heavy atom. The molecule has 3 saturated carbocycles. The van der Waals surface area contributed by atoms with E-state index in [1.807, 2.05) is 0 Å². The van der Waals surface area contributed by atoms with Gasteiger partial charge in [0.25, 0.3) is 0 Å². The molecule has 0 atom stereocenters. The fraction of sp³-hybridized carbons (Fsp3) is 0.840. The van der Waals surface area contributed by atoms with E-state index in [0.717, 1.165) is 0 Å². The lowest BCUT2D eigenvalue weighted by atomic mass is 10.0. The highest BCUT2D eigenvalue weighted by atomic mass is 16.1. The zero-order valence-electron chi connectivity index (χ0n) is 21.2. The van der Waals surface area contributed by atoms with Crippen LogP contribution in [0.15, 0.2) is 20.0 Å². The largest absolute Gasteiger partial charge is 0.234 e. The second-order valence-corrected chi connectivity index (χ2v) is 7.51. The predicted molar refractivity (Wildman–Crippen MR) is 132 cm³/mol. The van der Waals surface area contributed by atoms with Crippen molar-refractivity contribution in [1.82, 2.24) is 0 Å². The summed E-state index contributed by atoms with van der Waals surface area (Å²) >= 11 is 0. The van der Waals surface area contributed by atoms with Crippen LogP contribution in [0.1, 0.15) is 98.3 Å². The molecular weight excluding hydrogens is 420 g/mol. The van der Waals surface area contributed by atoms with Gasteiger partial charge in [-0.3, -0.25) is 0 Å². The predicted octanol–water partition coefficient (Wildman–Crippen LogP) is 5.91. The van der Waals surface area contributed by atoms with Crippen LogP contribution in [0.3, 0.4) is 0 Å². The summed E-state index contributed by atoms with van der Waals surface area (Å²) < 4.78 is 0. The van der Waals surface area contributed by atoms with E-state index in [9.17, 15) is 0 Å². The molecule has 3 aliphatic carbocycles. The molecule has 3 fully saturated rings. The molecule has 0 aromatic rings. The van der Waals surface area contributed by atoms with E-state index in [-0.39, 0.29) is 0 Å². The topological polar surface area (TPSA) is 118 Å². The highest BCUT2D eigenvalue weighted by Gasteiger charge is 2.30. The van der Waals surface area contributed by atoms with Gasteiger partial charge in [0.15, 0.2) is 0 Å². The third-order valence-corrected chi connectivity index (χ3v) is 5.02. The van der Waals surface area contributed by atoms with Crippen LogP contribution >= 0.6 is 0 Å². The normalized spacial score (nSPS) is 18.1. The highest BCUT2D eigenvalue weighted by Crippen LogP contribution is 2.43. The Hall–Kier alpha value is -2.48. The molecule has 0 spiro atoms. The molecule has 0 radical (unpaired) electrons. The van der Waals surface area contributed by atoms with Gasteiger partial charge in [0.1, 0.15) is 0 Å². The van der Waals surface area contributed by atoms with Gasteiger partial charge < -0.3 is 0 Å². The lowest BCUT2D eigenvalue weighted by Gasteiger charge is -2.05. The number of rotatable bonds is 4. The molecule has 2 bridgehead atoms. The van der Waals surface area contributed by atoms with E-state index in [0.29, 0.717) is 26.2 Å². The van der Waals surface area contributed by atoms with Crippen molar-refractivity contribution in [2.45, 2.75) is 98.3 Å². The van der Waals surface area contributed by atoms with Gasteiger partial charge in [-0.05, 0) is 46.0 Å². The van der Waals surface area contributed by atoms with Crippen molar-refractivity contribution in [2.75, 3.05) is 26.2 Å². The zero-order chi connectivity index (χ0) is 25.4. The molecule has 0 amide bonds. The van der Waals surface area contributed by atoms with Crippen molar-refractivity contribution in [2.24, 2.45) is 31.8 Å². The van der Waals surface area contributed by atoms with E-state index in [2.05, 4.69) is 20.0 Å². The molecular formula is C25H44N4O4. The Morgan fingerprint density at radius 1 is 0.485 bits per heavy atom. The van der Waals surface area contributed by atoms with Gasteiger partial charge in [-0.1, -0.05) is 64.2 Å². The molecule has 0 aromatic carbocycles. The summed E-state index contributed by atoms with van der Waals surface area (Å²) in [6.07, 6.45) is 22.4. The summed E-state index contributed by atoms with van der Waals surface area (Å²) in [5.41, 5.74) is 0. The number of nitrogens with zero attached hydrogens (tertiary/aromatic N) is 4. The van der Waals surface area contributed by atoms with Crippen LogP contribution < -0.4 is 0 Å². The summed E-state index contributed by atoms with van der Waals surface area (Å²) in [4.78, 5) is 49.1. The fourth-order valence-corrected chi connectivity index (χ4v) is 3.49. The van der Waals surface area contributed by atoms with Crippen molar-refractivity contribution in [3.8, 4) is 0 Å². The summed E-state index contributed by atoms with van der Waals surface area (Å²) in [7, 11) is 0. The maximum absolute atomic E-state index is 9.11. The molecule has 3 aliphatic rings. The number of isocyanates is 4. The Morgan fingerprint density at radius 3 is 0.758 bits per heavy atom. The van der Waals surface area contributed by atoms with Gasteiger partial charge in [0, 0.05) is 26.2 Å². The van der Waals surface area contributed by atoms with E-state index in [1.165, 1.54) is 74.7 Å². The summed E-state index contributed by atoms with van der Waals surface area (Å²) in [5, 5.41) is 0. The molecule has 0 saturated heterocycles. The van der Waals surface area contributed by atoms with E-state index in [1.54, 1.807) is 59.8 Å². The molecule has 0 heterocycles. The van der Waals surface area contributed by atoms with Crippen molar-refractivity contribution < 1.29 is 19.2 Å². The van der Waals surface area contributed by atoms with E-state index in [4.69, 9.17) is 19.2 Å². The van der Waals surface area contributed by atoms with Gasteiger partial charge in [-0.15, -0.1) is 0 Å². The maximum Gasteiger partial charge on any atom is 0.234 e. The smallest absolute Gasteiger partial charge is 0.211 e. The molecule has 33 heavy (non-hydrogen) atoms. The summed E-state index contributed by atoms with van der Waals surface area (Å²) in [5.74, 6) is 2.34. The Labute approximate surface area is 200 Å². The van der Waals surface area contributed by atoms with Crippen LogP contribution in [0.5, 0.6) is 0 Å². The van der Waals surface area contributed by atoms with Crippen LogP contribution in [0.4, 0.5) is 0 Å². The van der Waals surface area contributed by atoms with Crippen molar-refractivity contribution in [3.05, 3.63) is 0 Å². The Bertz CT molecular complexity index is 496. The maximum atomic E-state index is 9.11. The second-order valence-electron chi connectivity index (χ2n) is 7.51. The summed E-state index contributed by atoms with van der Waals surface area (Å²) in [6, 6.07) is 0. The van der Waals surface area contributed by atoms with Gasteiger partial charge >= 0.3 is 0 Å². The molecule has 8 heteroatoms. The second kappa shape index (κ2) is 34.1. The summed E-state index contributed by atoms with van der Waals surface area (Å²) in [6.45, 7) is 9.31. The van der Waals surface area contributed by atoms with Crippen molar-refractivity contribution in [3.63, 3.8) is 0 Å². The number of hydrogen-bond acceptors (Lipinski definition) is 8. The minimum Gasteiger partial charge on any atom is -0.211 e. The molecule has 8 nitrogen and oxygen atoms in total. The van der Waals surface area contributed by atoms with Crippen LogP contribution in [0.2, 0.25) is 0 Å². The minimum absolute atomic E-state index is 0.545. The van der Waals surface area contributed by atoms with Crippen LogP contribution in [0.25, 0.3) is 0 Å². The Kier molecular flexibility index (Phi) is 36.3. The van der Waals surface area contributed by atoms with Gasteiger partial charge in [0.2, 0.25) is 24.3 Å². The molecule has 188 valence electrons. The number of carbonyl (C=O) groups excluding carboxylic acids is 4. The van der Waals surface area contributed by atoms with Crippen molar-refractivity contribution in [1.29, 1.82) is 0 Å². The minimum atomic E-state index is 0.545. The average Bonchev–Trinajstić information content (AvgIpc) is 3.51. The lowest BCUT2D eigenvalue weighted by molar-refractivity contribution is 0.480. The van der Waals surface area contributed by atoms with Crippen LogP contribution in [-0.4, -0.2) is 50.5 Å². The van der Waals surface area contributed by atoms with Gasteiger partial charge in [-0.25, -0.2) is 39.1 Å². The number of aliphatic imine (C=N–C) groups is 4. The Balaban J connectivity index is -0.000000330. The standard InChI is InChI=1S/C7H12.C6H12.4C3H5NO/c1-2-7-4-3-6(1)5-7;1-2-4-6-5-3-1;4*1-2-4-3-5/h6-7H,1-5H2;1-6H2;4*2H2,1H3. The SMILES string of the molecule is C1CC2CCC1C2.C1CCCCC1.CCN=C=O.CCN=C=O.CCN=C=O.CCN=C=O. The molecule has 0 unspecified atom stereocenters. The van der Waals surface area contributed by atoms with Crippen LogP contribution in [-0.2, 0) is 19.2 Å². The van der Waals surface area contributed by atoms with Crippen molar-refractivity contribution >= 4 is 24.3 Å². The van der Waals surface area contributed by atoms with Crippen LogP contribution in [0, 0.1) is 11.8 Å². The molecule has 3 rings (SSSR count). The number of fused-ring (bicyclic) bond motifs is 2. The molecule has 0 aliphatic heterocycles. The van der Waals surface area contributed by atoms with E-state index < -0.39 is 0 Å². The van der Waals surface area contributed by atoms with Gasteiger partial charge in [-0.2, -0.15) is 0 Å². The molecule has 0 N–H and O–H groups in total. The quantitative estimate of drug-likeness (QED) is 0.380. The first-order valence-corrected chi connectivity index (χ1v) is 12.3. The highest BCUT2D eigenvalue weighted by molar-refractivity contribution is 5.33. The first kappa shape index (κ1) is 35.1. The zero-order valence-corrected chi connectivity index (χ0v) is 21.2. The molecule has 0 aromatic heterocycles. The number of hydrogen-bond donors (Lipinski definition) is 0. The average molecular weight is 465 g/mol. The first-order chi connectivity index (χ1) is 16.1. The first-order valence-electron chi connectivity index (χ1n) is 12.3. The fourth-order valence-electron chi connectivity index (χ4n) is 3.49. The third kappa shape index (κ3) is 34.3. The lowest BCUT2D eigenvalue weighted by Crippen LogP contribution is -1.90. The third-order valence-electron chi connectivity index (χ3n) is 5.02. The van der Waals surface area contributed by atoms with Gasteiger partial charge in [0.05, 0.1) is 0 Å². The van der Waals surface area contributed by atoms with E-state index >= 15 is 0 Å². The monoisotopic (exact) mass is 464 g/mol.